The van der Waals surface area contributed by atoms with Gasteiger partial charge in [0.05, 0.1) is 18.8 Å². The van der Waals surface area contributed by atoms with Gasteiger partial charge in [-0.15, -0.1) is 0 Å². The first-order chi connectivity index (χ1) is 12.4. The van der Waals surface area contributed by atoms with Gasteiger partial charge in [-0.3, -0.25) is 4.79 Å². The van der Waals surface area contributed by atoms with Crippen LogP contribution in [-0.4, -0.2) is 44.6 Å². The minimum Gasteiger partial charge on any atom is -0.495 e. The maximum atomic E-state index is 12.5. The van der Waals surface area contributed by atoms with Crippen LogP contribution in [0, 0.1) is 0 Å². The average Bonchev–Trinajstić information content (AvgIpc) is 2.62. The van der Waals surface area contributed by atoms with Gasteiger partial charge in [-0.05, 0) is 44.8 Å². The van der Waals surface area contributed by atoms with E-state index in [4.69, 9.17) is 16.3 Å². The number of anilines is 1. The van der Waals surface area contributed by atoms with Crippen molar-refractivity contribution < 1.29 is 9.53 Å². The number of carbonyl (C=O) groups is 1. The van der Waals surface area contributed by atoms with Crippen LogP contribution in [0.2, 0.25) is 5.02 Å². The summed E-state index contributed by atoms with van der Waals surface area (Å²) >= 11 is 6.01. The SMILES string of the molecule is COc1ccc(Cl)cc1NC(=O)[C@@H](C)NC[C@H](c1ccccc1)N(C)C. The molecule has 6 heteroatoms. The van der Waals surface area contributed by atoms with Crippen molar-refractivity contribution in [2.75, 3.05) is 33.1 Å². The molecule has 0 fully saturated rings. The molecule has 0 radical (unpaired) electrons. The quantitative estimate of drug-likeness (QED) is 0.740. The number of rotatable bonds is 8. The molecular weight excluding hydrogens is 350 g/mol. The van der Waals surface area contributed by atoms with Crippen LogP contribution in [0.5, 0.6) is 5.75 Å². The van der Waals surface area contributed by atoms with Crippen LogP contribution in [0.4, 0.5) is 5.69 Å². The Balaban J connectivity index is 1.99. The van der Waals surface area contributed by atoms with Crippen LogP contribution >= 0.6 is 11.6 Å². The van der Waals surface area contributed by atoms with Crippen LogP contribution in [0.1, 0.15) is 18.5 Å². The zero-order valence-electron chi connectivity index (χ0n) is 15.6. The topological polar surface area (TPSA) is 53.6 Å². The largest absolute Gasteiger partial charge is 0.495 e. The van der Waals surface area contributed by atoms with E-state index in [1.165, 1.54) is 5.56 Å². The third-order valence-corrected chi connectivity index (χ3v) is 4.47. The number of nitrogens with zero attached hydrogens (tertiary/aromatic N) is 1. The second-order valence-electron chi connectivity index (χ2n) is 6.35. The first-order valence-corrected chi connectivity index (χ1v) is 8.89. The highest BCUT2D eigenvalue weighted by atomic mass is 35.5. The summed E-state index contributed by atoms with van der Waals surface area (Å²) in [5.41, 5.74) is 1.76. The summed E-state index contributed by atoms with van der Waals surface area (Å²) in [5.74, 6) is 0.432. The van der Waals surface area contributed by atoms with Gasteiger partial charge < -0.3 is 20.3 Å². The summed E-state index contributed by atoms with van der Waals surface area (Å²) in [6.07, 6.45) is 0. The molecular formula is C20H26ClN3O2. The van der Waals surface area contributed by atoms with Crippen LogP contribution in [-0.2, 0) is 4.79 Å². The van der Waals surface area contributed by atoms with Gasteiger partial charge in [-0.1, -0.05) is 41.9 Å². The minimum absolute atomic E-state index is 0.142. The van der Waals surface area contributed by atoms with E-state index in [9.17, 15) is 4.79 Å². The maximum Gasteiger partial charge on any atom is 0.241 e. The molecule has 2 atom stereocenters. The Bertz CT molecular complexity index is 722. The number of carbonyl (C=O) groups excluding carboxylic acids is 1. The lowest BCUT2D eigenvalue weighted by Crippen LogP contribution is -2.42. The normalized spacial score (nSPS) is 13.3. The fraction of sp³-hybridized carbons (Fsp3) is 0.350. The van der Waals surface area contributed by atoms with E-state index in [1.54, 1.807) is 25.3 Å². The number of methoxy groups -OCH3 is 1. The van der Waals surface area contributed by atoms with E-state index >= 15 is 0 Å². The molecule has 1 amide bonds. The molecule has 0 saturated carbocycles. The van der Waals surface area contributed by atoms with Gasteiger partial charge in [0.2, 0.25) is 5.91 Å². The van der Waals surface area contributed by atoms with Crippen LogP contribution in [0.3, 0.4) is 0 Å². The van der Waals surface area contributed by atoms with Gasteiger partial charge in [0, 0.05) is 17.6 Å². The summed E-state index contributed by atoms with van der Waals surface area (Å²) in [7, 11) is 5.62. The lowest BCUT2D eigenvalue weighted by molar-refractivity contribution is -0.117. The van der Waals surface area contributed by atoms with Crippen molar-refractivity contribution >= 4 is 23.2 Å². The highest BCUT2D eigenvalue weighted by Gasteiger charge is 2.19. The van der Waals surface area contributed by atoms with Crippen molar-refractivity contribution in [2.24, 2.45) is 0 Å². The van der Waals surface area contributed by atoms with E-state index in [2.05, 4.69) is 27.7 Å². The summed E-state index contributed by atoms with van der Waals surface area (Å²) < 4.78 is 5.27. The smallest absolute Gasteiger partial charge is 0.241 e. The Labute approximate surface area is 160 Å². The van der Waals surface area contributed by atoms with E-state index in [0.29, 0.717) is 23.0 Å². The van der Waals surface area contributed by atoms with Gasteiger partial charge in [-0.2, -0.15) is 0 Å². The Morgan fingerprint density at radius 1 is 1.19 bits per heavy atom. The number of hydrogen-bond donors (Lipinski definition) is 2. The summed E-state index contributed by atoms with van der Waals surface area (Å²) in [6.45, 7) is 2.49. The molecule has 5 nitrogen and oxygen atoms in total. The van der Waals surface area contributed by atoms with Gasteiger partial charge in [0.25, 0.3) is 0 Å². The van der Waals surface area contributed by atoms with Gasteiger partial charge >= 0.3 is 0 Å². The van der Waals surface area contributed by atoms with E-state index in [1.807, 2.05) is 39.2 Å². The number of nitrogens with one attached hydrogen (secondary N) is 2. The second-order valence-corrected chi connectivity index (χ2v) is 6.79. The molecule has 0 aliphatic heterocycles. The van der Waals surface area contributed by atoms with Crippen LogP contribution < -0.4 is 15.4 Å². The minimum atomic E-state index is -0.371. The van der Waals surface area contributed by atoms with Crippen molar-refractivity contribution in [3.63, 3.8) is 0 Å². The molecule has 2 aromatic rings. The zero-order valence-corrected chi connectivity index (χ0v) is 16.4. The molecule has 0 heterocycles. The molecule has 0 unspecified atom stereocenters. The van der Waals surface area contributed by atoms with Gasteiger partial charge in [-0.25, -0.2) is 0 Å². The maximum absolute atomic E-state index is 12.5. The standard InChI is InChI=1S/C20H26ClN3O2/c1-14(20(25)23-17-12-16(21)10-11-19(17)26-4)22-13-18(24(2)3)15-8-6-5-7-9-15/h5-12,14,18,22H,13H2,1-4H3,(H,23,25)/t14-,18-/m1/s1. The molecule has 0 aliphatic rings. The molecule has 2 rings (SSSR count). The molecule has 2 aromatic carbocycles. The van der Waals surface area contributed by atoms with Gasteiger partial charge in [0.15, 0.2) is 0 Å². The molecule has 0 saturated heterocycles. The summed E-state index contributed by atoms with van der Waals surface area (Å²) in [5, 5.41) is 6.72. The number of ether oxygens (including phenoxy) is 1. The Kier molecular flexibility index (Phi) is 7.45. The van der Waals surface area contributed by atoms with Crippen molar-refractivity contribution in [3.8, 4) is 5.75 Å². The molecule has 0 aliphatic carbocycles. The molecule has 26 heavy (non-hydrogen) atoms. The van der Waals surface area contributed by atoms with Crippen molar-refractivity contribution in [2.45, 2.75) is 19.0 Å². The monoisotopic (exact) mass is 375 g/mol. The third kappa shape index (κ3) is 5.46. The van der Waals surface area contributed by atoms with Crippen LogP contribution in [0.15, 0.2) is 48.5 Å². The highest BCUT2D eigenvalue weighted by Crippen LogP contribution is 2.27. The fourth-order valence-corrected chi connectivity index (χ4v) is 2.85. The predicted octanol–water partition coefficient (Wildman–Crippen LogP) is 3.57. The second kappa shape index (κ2) is 9.57. The van der Waals surface area contributed by atoms with Crippen molar-refractivity contribution in [1.82, 2.24) is 10.2 Å². The van der Waals surface area contributed by atoms with E-state index in [-0.39, 0.29) is 18.0 Å². The fourth-order valence-electron chi connectivity index (χ4n) is 2.67. The van der Waals surface area contributed by atoms with Crippen molar-refractivity contribution in [3.05, 3.63) is 59.1 Å². The zero-order chi connectivity index (χ0) is 19.1. The number of hydrogen-bond acceptors (Lipinski definition) is 4. The average molecular weight is 376 g/mol. The molecule has 0 bridgehead atoms. The van der Waals surface area contributed by atoms with Crippen molar-refractivity contribution in [1.29, 1.82) is 0 Å². The molecule has 0 spiro atoms. The number of likely N-dealkylation sites (N-methyl/N-ethyl adjacent to an activating group) is 1. The Morgan fingerprint density at radius 3 is 2.50 bits per heavy atom. The summed E-state index contributed by atoms with van der Waals surface area (Å²) in [6, 6.07) is 15.2. The van der Waals surface area contributed by atoms with E-state index < -0.39 is 0 Å². The lowest BCUT2D eigenvalue weighted by Gasteiger charge is -2.26. The summed E-state index contributed by atoms with van der Waals surface area (Å²) in [4.78, 5) is 14.7. The number of halogens is 1. The first-order valence-electron chi connectivity index (χ1n) is 8.51. The highest BCUT2D eigenvalue weighted by molar-refractivity contribution is 6.31. The van der Waals surface area contributed by atoms with Gasteiger partial charge in [0.1, 0.15) is 5.75 Å². The lowest BCUT2D eigenvalue weighted by atomic mass is 10.1. The Hall–Kier alpha value is -2.08. The first kappa shape index (κ1) is 20.2. The predicted molar refractivity (Wildman–Crippen MR) is 107 cm³/mol. The number of benzene rings is 2. The molecule has 0 aromatic heterocycles. The van der Waals surface area contributed by atoms with E-state index in [0.717, 1.165) is 0 Å². The number of amides is 1. The third-order valence-electron chi connectivity index (χ3n) is 4.24. The Morgan fingerprint density at radius 2 is 1.88 bits per heavy atom. The molecule has 140 valence electrons. The van der Waals surface area contributed by atoms with Crippen LogP contribution in [0.25, 0.3) is 0 Å². The molecule has 2 N–H and O–H groups in total.